The van der Waals surface area contributed by atoms with Gasteiger partial charge in [0.05, 0.1) is 31.4 Å². The van der Waals surface area contributed by atoms with Crippen LogP contribution >= 0.6 is 0 Å². The number of carbonyl (C=O) groups is 2. The van der Waals surface area contributed by atoms with Gasteiger partial charge in [-0.25, -0.2) is 9.59 Å². The largest absolute Gasteiger partial charge is 0.462 e. The molecule has 224 valence electrons. The molecule has 2 atom stereocenters. The number of hydrogen-bond donors (Lipinski definition) is 0. The van der Waals surface area contributed by atoms with Gasteiger partial charge < -0.3 is 19.1 Å². The maximum Gasteiger partial charge on any atom is 0.410 e. The molecular weight excluding hydrogens is 538 g/mol. The Kier molecular flexibility index (Phi) is 9.78. The lowest BCUT2D eigenvalue weighted by atomic mass is 9.86. The van der Waals surface area contributed by atoms with Gasteiger partial charge in [-0.2, -0.15) is 0 Å². The predicted octanol–water partition coefficient (Wildman–Crippen LogP) is 7.94. The Hall–Kier alpha value is -4.16. The Bertz CT molecular complexity index is 1510. The summed E-state index contributed by atoms with van der Waals surface area (Å²) in [5.41, 5.74) is 3.52. The van der Waals surface area contributed by atoms with E-state index in [1.54, 1.807) is 17.0 Å². The van der Waals surface area contributed by atoms with Crippen LogP contribution in [0.25, 0.3) is 10.8 Å². The van der Waals surface area contributed by atoms with Gasteiger partial charge in [-0.15, -0.1) is 0 Å². The summed E-state index contributed by atoms with van der Waals surface area (Å²) in [6.07, 6.45) is 1.89. The lowest BCUT2D eigenvalue weighted by Gasteiger charge is -2.39. The van der Waals surface area contributed by atoms with Crippen LogP contribution in [0, 0.1) is 0 Å². The molecule has 6 heteroatoms. The molecule has 2 unspecified atom stereocenters. The Morgan fingerprint density at radius 3 is 2.28 bits per heavy atom. The number of rotatable bonds is 9. The molecule has 6 nitrogen and oxygen atoms in total. The highest BCUT2D eigenvalue weighted by Crippen LogP contribution is 2.32. The van der Waals surface area contributed by atoms with Crippen LogP contribution in [0.15, 0.2) is 97.1 Å². The second-order valence-corrected chi connectivity index (χ2v) is 12.2. The zero-order valence-electron chi connectivity index (χ0n) is 25.3. The van der Waals surface area contributed by atoms with Crippen molar-refractivity contribution in [1.82, 2.24) is 4.90 Å². The minimum atomic E-state index is -0.551. The molecule has 0 radical (unpaired) electrons. The molecule has 0 saturated carbocycles. The number of carbonyl (C=O) groups excluding carboxylic acids is 2. The molecule has 4 aromatic rings. The van der Waals surface area contributed by atoms with Crippen LogP contribution in [0.4, 0.5) is 4.79 Å². The third-order valence-electron chi connectivity index (χ3n) is 7.75. The third kappa shape index (κ3) is 8.45. The molecule has 1 fully saturated rings. The zero-order valence-corrected chi connectivity index (χ0v) is 25.3. The standard InChI is InChI=1S/C37H41NO5/c1-37(2,3)43-36(40)38-22-21-33(34(25-38)42-26-28-17-18-29-11-7-8-14-32(29)24-28)30-19-15-27(16-20-30)10-9-23-41-35(39)31-12-5-4-6-13-31/h4-8,11-20,24,33-34H,9-10,21-23,25-26H2,1-3H3. The molecule has 1 aliphatic rings. The van der Waals surface area contributed by atoms with Crippen LogP contribution in [0.5, 0.6) is 0 Å². The van der Waals surface area contributed by atoms with E-state index in [1.165, 1.54) is 21.9 Å². The number of esters is 1. The van der Waals surface area contributed by atoms with E-state index in [2.05, 4.69) is 54.6 Å². The summed E-state index contributed by atoms with van der Waals surface area (Å²) in [5.74, 6) is -0.136. The summed E-state index contributed by atoms with van der Waals surface area (Å²) in [7, 11) is 0. The minimum Gasteiger partial charge on any atom is -0.462 e. The smallest absolute Gasteiger partial charge is 0.410 e. The molecule has 0 aliphatic carbocycles. The van der Waals surface area contributed by atoms with Crippen molar-refractivity contribution in [2.24, 2.45) is 0 Å². The molecule has 5 rings (SSSR count). The van der Waals surface area contributed by atoms with Gasteiger partial charge in [0.15, 0.2) is 0 Å². The minimum absolute atomic E-state index is 0.153. The summed E-state index contributed by atoms with van der Waals surface area (Å²) in [5, 5.41) is 2.39. The van der Waals surface area contributed by atoms with Crippen LogP contribution in [-0.4, -0.2) is 48.4 Å². The van der Waals surface area contributed by atoms with Gasteiger partial charge in [0.1, 0.15) is 5.60 Å². The van der Waals surface area contributed by atoms with E-state index in [9.17, 15) is 9.59 Å². The highest BCUT2D eigenvalue weighted by molar-refractivity contribution is 5.89. The van der Waals surface area contributed by atoms with Gasteiger partial charge in [0.2, 0.25) is 0 Å². The van der Waals surface area contributed by atoms with Gasteiger partial charge in [0, 0.05) is 12.5 Å². The first-order valence-corrected chi connectivity index (χ1v) is 15.1. The maximum absolute atomic E-state index is 12.9. The number of benzene rings is 4. The fourth-order valence-electron chi connectivity index (χ4n) is 5.52. The molecular formula is C37H41NO5. The van der Waals surface area contributed by atoms with Crippen LogP contribution in [0.2, 0.25) is 0 Å². The van der Waals surface area contributed by atoms with E-state index < -0.39 is 5.60 Å². The van der Waals surface area contributed by atoms with Gasteiger partial charge >= 0.3 is 12.1 Å². The summed E-state index contributed by atoms with van der Waals surface area (Å²) in [6.45, 7) is 7.60. The number of hydrogen-bond acceptors (Lipinski definition) is 5. The van der Waals surface area contributed by atoms with Gasteiger partial charge in [-0.3, -0.25) is 0 Å². The molecule has 1 aliphatic heterocycles. The Morgan fingerprint density at radius 2 is 1.53 bits per heavy atom. The fourth-order valence-corrected chi connectivity index (χ4v) is 5.52. The zero-order chi connectivity index (χ0) is 30.2. The van der Waals surface area contributed by atoms with Crippen molar-refractivity contribution in [3.8, 4) is 0 Å². The van der Waals surface area contributed by atoms with E-state index >= 15 is 0 Å². The first-order chi connectivity index (χ1) is 20.7. The summed E-state index contributed by atoms with van der Waals surface area (Å²) < 4.78 is 17.7. The Balaban J connectivity index is 1.22. The normalized spacial score (nSPS) is 17.0. The topological polar surface area (TPSA) is 65.1 Å². The highest BCUT2D eigenvalue weighted by Gasteiger charge is 2.35. The van der Waals surface area contributed by atoms with Gasteiger partial charge in [-0.05, 0) is 85.7 Å². The monoisotopic (exact) mass is 579 g/mol. The molecule has 43 heavy (non-hydrogen) atoms. The van der Waals surface area contributed by atoms with Crippen molar-refractivity contribution in [2.75, 3.05) is 19.7 Å². The van der Waals surface area contributed by atoms with Crippen molar-refractivity contribution >= 4 is 22.8 Å². The number of fused-ring (bicyclic) bond motifs is 1. The van der Waals surface area contributed by atoms with Crippen LogP contribution < -0.4 is 0 Å². The number of amides is 1. The number of likely N-dealkylation sites (tertiary alicyclic amines) is 1. The second-order valence-electron chi connectivity index (χ2n) is 12.2. The molecule has 0 N–H and O–H groups in total. The van der Waals surface area contributed by atoms with Crippen molar-refractivity contribution in [3.63, 3.8) is 0 Å². The number of ether oxygens (including phenoxy) is 3. The highest BCUT2D eigenvalue weighted by atomic mass is 16.6. The quantitative estimate of drug-likeness (QED) is 0.149. The summed E-state index contributed by atoms with van der Waals surface area (Å²) >= 11 is 0. The third-order valence-corrected chi connectivity index (χ3v) is 7.75. The Morgan fingerprint density at radius 1 is 0.837 bits per heavy atom. The first kappa shape index (κ1) is 30.3. The average Bonchev–Trinajstić information content (AvgIpc) is 3.01. The molecule has 4 aromatic carbocycles. The fraction of sp³-hybridized carbons (Fsp3) is 0.351. The van der Waals surface area contributed by atoms with Crippen molar-refractivity contribution < 1.29 is 23.8 Å². The van der Waals surface area contributed by atoms with E-state index in [4.69, 9.17) is 14.2 Å². The second kappa shape index (κ2) is 13.9. The van der Waals surface area contributed by atoms with E-state index in [0.29, 0.717) is 31.9 Å². The summed E-state index contributed by atoms with van der Waals surface area (Å²) in [4.78, 5) is 26.9. The van der Waals surface area contributed by atoms with Crippen LogP contribution in [-0.2, 0) is 27.2 Å². The lowest BCUT2D eigenvalue weighted by molar-refractivity contribution is -0.0359. The first-order valence-electron chi connectivity index (χ1n) is 15.1. The summed E-state index contributed by atoms with van der Waals surface area (Å²) in [6, 6.07) is 32.4. The van der Waals surface area contributed by atoms with E-state index in [1.807, 2.05) is 51.1 Å². The molecule has 0 bridgehead atoms. The van der Waals surface area contributed by atoms with E-state index in [0.717, 1.165) is 24.8 Å². The van der Waals surface area contributed by atoms with Crippen LogP contribution in [0.3, 0.4) is 0 Å². The van der Waals surface area contributed by atoms with Crippen LogP contribution in [0.1, 0.15) is 66.6 Å². The molecule has 0 aromatic heterocycles. The predicted molar refractivity (Wildman–Crippen MR) is 169 cm³/mol. The average molecular weight is 580 g/mol. The van der Waals surface area contributed by atoms with Crippen molar-refractivity contribution in [3.05, 3.63) is 119 Å². The number of aryl methyl sites for hydroxylation is 1. The van der Waals surface area contributed by atoms with Gasteiger partial charge in [0.25, 0.3) is 0 Å². The van der Waals surface area contributed by atoms with E-state index in [-0.39, 0.29) is 24.1 Å². The molecule has 0 spiro atoms. The maximum atomic E-state index is 12.9. The number of piperidine rings is 1. The Labute approximate surface area is 254 Å². The lowest BCUT2D eigenvalue weighted by Crippen LogP contribution is -2.48. The van der Waals surface area contributed by atoms with Gasteiger partial charge in [-0.1, -0.05) is 78.9 Å². The number of nitrogens with zero attached hydrogens (tertiary/aromatic N) is 1. The van der Waals surface area contributed by atoms with Crippen molar-refractivity contribution in [2.45, 2.75) is 64.3 Å². The van der Waals surface area contributed by atoms with Crippen molar-refractivity contribution in [1.29, 1.82) is 0 Å². The SMILES string of the molecule is CC(C)(C)OC(=O)N1CCC(c2ccc(CCCOC(=O)c3ccccc3)cc2)C(OCc2ccc3ccccc3c2)C1. The molecule has 1 amide bonds. The molecule has 1 saturated heterocycles. The molecule has 1 heterocycles.